The van der Waals surface area contributed by atoms with Gasteiger partial charge in [-0.1, -0.05) is 27.3 Å². The second kappa shape index (κ2) is 4.48. The molecule has 1 aromatic heterocycles. The molecule has 1 aliphatic carbocycles. The number of halogens is 4. The Morgan fingerprint density at radius 2 is 2.06 bits per heavy atom. The second-order valence-corrected chi connectivity index (χ2v) is 5.25. The zero-order chi connectivity index (χ0) is 11.8. The van der Waals surface area contributed by atoms with Crippen molar-refractivity contribution in [1.82, 2.24) is 10.2 Å². The summed E-state index contributed by atoms with van der Waals surface area (Å²) in [5.74, 6) is 0. The van der Waals surface area contributed by atoms with E-state index in [0.717, 1.165) is 12.8 Å². The standard InChI is InChI=1S/C8H9BrF3N3S/c9-3-4-15(5-1-2-5)7-14-13-6(16-7)8(10,11)12/h5H,1-4H2. The smallest absolute Gasteiger partial charge is 0.343 e. The van der Waals surface area contributed by atoms with E-state index in [1.807, 2.05) is 4.90 Å². The third-order valence-corrected chi connectivity index (χ3v) is 3.58. The molecule has 16 heavy (non-hydrogen) atoms. The van der Waals surface area contributed by atoms with E-state index in [1.54, 1.807) is 0 Å². The molecule has 0 amide bonds. The number of alkyl halides is 4. The van der Waals surface area contributed by atoms with E-state index < -0.39 is 11.2 Å². The van der Waals surface area contributed by atoms with Crippen LogP contribution in [-0.4, -0.2) is 28.1 Å². The van der Waals surface area contributed by atoms with Gasteiger partial charge in [-0.05, 0) is 12.8 Å². The first-order valence-corrected chi connectivity index (χ1v) is 6.69. The zero-order valence-corrected chi connectivity index (χ0v) is 10.6. The van der Waals surface area contributed by atoms with Crippen molar-refractivity contribution in [2.75, 3.05) is 16.8 Å². The Hall–Kier alpha value is -0.370. The van der Waals surface area contributed by atoms with E-state index in [4.69, 9.17) is 0 Å². The summed E-state index contributed by atoms with van der Waals surface area (Å²) in [4.78, 5) is 1.89. The molecule has 1 aromatic rings. The van der Waals surface area contributed by atoms with Gasteiger partial charge in [-0.2, -0.15) is 13.2 Å². The van der Waals surface area contributed by atoms with E-state index >= 15 is 0 Å². The van der Waals surface area contributed by atoms with Gasteiger partial charge in [0.15, 0.2) is 0 Å². The van der Waals surface area contributed by atoms with Gasteiger partial charge in [0.2, 0.25) is 10.1 Å². The highest BCUT2D eigenvalue weighted by Crippen LogP contribution is 2.38. The van der Waals surface area contributed by atoms with E-state index in [9.17, 15) is 13.2 Å². The first-order valence-electron chi connectivity index (χ1n) is 4.75. The third-order valence-electron chi connectivity index (χ3n) is 2.22. The van der Waals surface area contributed by atoms with Gasteiger partial charge in [-0.15, -0.1) is 10.2 Å². The highest BCUT2D eigenvalue weighted by atomic mass is 79.9. The minimum Gasteiger partial charge on any atom is -0.343 e. The zero-order valence-electron chi connectivity index (χ0n) is 8.17. The van der Waals surface area contributed by atoms with Crippen LogP contribution in [0, 0.1) is 0 Å². The summed E-state index contributed by atoms with van der Waals surface area (Å²) in [5, 5.41) is 7.01. The van der Waals surface area contributed by atoms with Crippen molar-refractivity contribution >= 4 is 32.4 Å². The minimum atomic E-state index is -4.39. The number of aromatic nitrogens is 2. The van der Waals surface area contributed by atoms with Crippen molar-refractivity contribution in [2.24, 2.45) is 0 Å². The van der Waals surface area contributed by atoms with Gasteiger partial charge in [-0.25, -0.2) is 0 Å². The quantitative estimate of drug-likeness (QED) is 0.800. The average Bonchev–Trinajstić information content (AvgIpc) is 2.89. The normalized spacial score (nSPS) is 16.5. The molecule has 0 atom stereocenters. The molecule has 1 saturated carbocycles. The lowest BCUT2D eigenvalue weighted by molar-refractivity contribution is -0.138. The van der Waals surface area contributed by atoms with Crippen LogP contribution in [-0.2, 0) is 6.18 Å². The average molecular weight is 316 g/mol. The minimum absolute atomic E-state index is 0.339. The van der Waals surface area contributed by atoms with Crippen molar-refractivity contribution in [2.45, 2.75) is 25.1 Å². The Balaban J connectivity index is 2.15. The van der Waals surface area contributed by atoms with E-state index in [-0.39, 0.29) is 0 Å². The number of anilines is 1. The van der Waals surface area contributed by atoms with E-state index in [1.165, 1.54) is 0 Å². The van der Waals surface area contributed by atoms with Crippen LogP contribution in [0.25, 0.3) is 0 Å². The van der Waals surface area contributed by atoms with E-state index in [0.29, 0.717) is 34.4 Å². The topological polar surface area (TPSA) is 29.0 Å². The molecular formula is C8H9BrF3N3S. The van der Waals surface area contributed by atoms with Crippen LogP contribution in [0.2, 0.25) is 0 Å². The van der Waals surface area contributed by atoms with Gasteiger partial charge in [0.05, 0.1) is 0 Å². The highest BCUT2D eigenvalue weighted by Gasteiger charge is 2.38. The summed E-state index contributed by atoms with van der Waals surface area (Å²) in [6.45, 7) is 0.664. The lowest BCUT2D eigenvalue weighted by atomic mass is 10.5. The number of hydrogen-bond donors (Lipinski definition) is 0. The predicted molar refractivity (Wildman–Crippen MR) is 59.1 cm³/mol. The lowest BCUT2D eigenvalue weighted by Crippen LogP contribution is -2.27. The molecule has 0 saturated heterocycles. The largest absolute Gasteiger partial charge is 0.445 e. The predicted octanol–water partition coefficient (Wildman–Crippen LogP) is 2.92. The molecule has 0 radical (unpaired) electrons. The Labute approximate surface area is 103 Å². The molecule has 1 fully saturated rings. The lowest BCUT2D eigenvalue weighted by Gasteiger charge is -2.18. The van der Waals surface area contributed by atoms with Gasteiger partial charge in [-0.3, -0.25) is 0 Å². The van der Waals surface area contributed by atoms with Gasteiger partial charge >= 0.3 is 6.18 Å². The SMILES string of the molecule is FC(F)(F)c1nnc(N(CCBr)C2CC2)s1. The summed E-state index contributed by atoms with van der Waals surface area (Å²) in [5.41, 5.74) is 0. The number of hydrogen-bond acceptors (Lipinski definition) is 4. The molecule has 0 unspecified atom stereocenters. The summed E-state index contributed by atoms with van der Waals surface area (Å²) < 4.78 is 37.0. The van der Waals surface area contributed by atoms with Crippen molar-refractivity contribution in [3.63, 3.8) is 0 Å². The van der Waals surface area contributed by atoms with Crippen LogP contribution >= 0.6 is 27.3 Å². The fraction of sp³-hybridized carbons (Fsp3) is 0.750. The van der Waals surface area contributed by atoms with Gasteiger partial charge < -0.3 is 4.90 Å². The molecule has 3 nitrogen and oxygen atoms in total. The maximum atomic E-state index is 12.3. The van der Waals surface area contributed by atoms with Gasteiger partial charge in [0.25, 0.3) is 0 Å². The first kappa shape index (κ1) is 12.1. The van der Waals surface area contributed by atoms with Crippen LogP contribution in [0.1, 0.15) is 17.8 Å². The van der Waals surface area contributed by atoms with Crippen molar-refractivity contribution in [3.05, 3.63) is 5.01 Å². The number of rotatable bonds is 4. The molecule has 0 N–H and O–H groups in total. The molecule has 8 heteroatoms. The first-order chi connectivity index (χ1) is 7.52. The fourth-order valence-corrected chi connectivity index (χ4v) is 2.55. The molecule has 1 aliphatic rings. The Morgan fingerprint density at radius 3 is 2.50 bits per heavy atom. The van der Waals surface area contributed by atoms with Crippen LogP contribution in [0.5, 0.6) is 0 Å². The molecule has 0 bridgehead atoms. The second-order valence-electron chi connectivity index (χ2n) is 3.50. The molecule has 90 valence electrons. The van der Waals surface area contributed by atoms with Crippen LogP contribution in [0.3, 0.4) is 0 Å². The maximum absolute atomic E-state index is 12.3. The van der Waals surface area contributed by atoms with Crippen molar-refractivity contribution < 1.29 is 13.2 Å². The molecule has 0 spiro atoms. The summed E-state index contributed by atoms with van der Waals surface area (Å²) in [7, 11) is 0. The maximum Gasteiger partial charge on any atom is 0.445 e. The summed E-state index contributed by atoms with van der Waals surface area (Å²) >= 11 is 3.90. The van der Waals surface area contributed by atoms with Crippen LogP contribution in [0.4, 0.5) is 18.3 Å². The Morgan fingerprint density at radius 1 is 1.38 bits per heavy atom. The monoisotopic (exact) mass is 315 g/mol. The highest BCUT2D eigenvalue weighted by molar-refractivity contribution is 9.09. The van der Waals surface area contributed by atoms with Crippen molar-refractivity contribution in [3.8, 4) is 0 Å². The van der Waals surface area contributed by atoms with Crippen LogP contribution in [0.15, 0.2) is 0 Å². The van der Waals surface area contributed by atoms with Gasteiger partial charge in [0, 0.05) is 17.9 Å². The van der Waals surface area contributed by atoms with Crippen molar-refractivity contribution in [1.29, 1.82) is 0 Å². The Kier molecular flexibility index (Phi) is 3.39. The van der Waals surface area contributed by atoms with Gasteiger partial charge in [0.1, 0.15) is 0 Å². The molecular weight excluding hydrogens is 307 g/mol. The Bertz CT molecular complexity index is 364. The third kappa shape index (κ3) is 2.65. The van der Waals surface area contributed by atoms with E-state index in [2.05, 4.69) is 26.1 Å². The number of nitrogens with zero attached hydrogens (tertiary/aromatic N) is 3. The molecule has 0 aliphatic heterocycles. The molecule has 0 aromatic carbocycles. The summed E-state index contributed by atoms with van der Waals surface area (Å²) in [6, 6.07) is 0.339. The fourth-order valence-electron chi connectivity index (χ4n) is 1.36. The molecule has 1 heterocycles. The molecule has 2 rings (SSSR count). The summed E-state index contributed by atoms with van der Waals surface area (Å²) in [6.07, 6.45) is -2.35. The van der Waals surface area contributed by atoms with Crippen LogP contribution < -0.4 is 4.90 Å².